The summed E-state index contributed by atoms with van der Waals surface area (Å²) in [5.74, 6) is 0.784. The molecule has 0 fully saturated rings. The fourth-order valence-electron chi connectivity index (χ4n) is 1.91. The van der Waals surface area contributed by atoms with Crippen molar-refractivity contribution in [1.82, 2.24) is 25.5 Å². The highest BCUT2D eigenvalue weighted by molar-refractivity contribution is 5.40. The molecule has 2 aromatic rings. The van der Waals surface area contributed by atoms with E-state index in [9.17, 15) is 0 Å². The van der Waals surface area contributed by atoms with Gasteiger partial charge in [-0.15, -0.1) is 0 Å². The second-order valence-electron chi connectivity index (χ2n) is 4.16. The lowest BCUT2D eigenvalue weighted by molar-refractivity contribution is 0.670. The van der Waals surface area contributed by atoms with Gasteiger partial charge in [-0.2, -0.15) is 4.68 Å². The topological polar surface area (TPSA) is 58.9 Å². The molecule has 0 amide bonds. The van der Waals surface area contributed by atoms with Crippen molar-refractivity contribution in [2.75, 3.05) is 31.1 Å². The van der Waals surface area contributed by atoms with Gasteiger partial charge in [-0.1, -0.05) is 30.2 Å². The Morgan fingerprint density at radius 3 is 2.68 bits per heavy atom. The maximum atomic E-state index is 4.14. The molecule has 6 nitrogen and oxygen atoms in total. The van der Waals surface area contributed by atoms with Crippen LogP contribution in [0.15, 0.2) is 30.3 Å². The van der Waals surface area contributed by atoms with Crippen LogP contribution in [0, 0.1) is 0 Å². The van der Waals surface area contributed by atoms with Crippen molar-refractivity contribution in [3.05, 3.63) is 30.3 Å². The number of tetrazole rings is 1. The average molecular weight is 260 g/mol. The third kappa shape index (κ3) is 3.29. The van der Waals surface area contributed by atoms with Crippen molar-refractivity contribution in [3.63, 3.8) is 0 Å². The summed E-state index contributed by atoms with van der Waals surface area (Å²) in [6.45, 7) is 7.86. The quantitative estimate of drug-likeness (QED) is 0.755. The molecule has 0 bridgehead atoms. The summed E-state index contributed by atoms with van der Waals surface area (Å²) in [5.41, 5.74) is 0.976. The minimum absolute atomic E-state index is 0.784. The first-order valence-corrected chi connectivity index (χ1v) is 6.66. The number of rotatable bonds is 7. The normalized spacial score (nSPS) is 10.6. The van der Waals surface area contributed by atoms with Crippen LogP contribution >= 0.6 is 0 Å². The molecule has 102 valence electrons. The van der Waals surface area contributed by atoms with Crippen LogP contribution in [0.25, 0.3) is 5.69 Å². The Hall–Kier alpha value is -1.95. The van der Waals surface area contributed by atoms with E-state index < -0.39 is 0 Å². The molecule has 0 aliphatic heterocycles. The van der Waals surface area contributed by atoms with Gasteiger partial charge in [-0.05, 0) is 36.0 Å². The molecule has 0 aliphatic rings. The fraction of sp³-hybridized carbons (Fsp3) is 0.462. The standard InChI is InChI=1S/C13H20N6/c1-3-14-10-11-18(4-2)13-15-16-17-19(13)12-8-6-5-7-9-12/h5-9,14H,3-4,10-11H2,1-2H3. The number of nitrogens with zero attached hydrogens (tertiary/aromatic N) is 5. The first kappa shape index (κ1) is 13.5. The number of nitrogens with one attached hydrogen (secondary N) is 1. The van der Waals surface area contributed by atoms with Crippen LogP contribution in [0.2, 0.25) is 0 Å². The zero-order valence-corrected chi connectivity index (χ0v) is 11.5. The second kappa shape index (κ2) is 6.84. The van der Waals surface area contributed by atoms with Gasteiger partial charge in [0, 0.05) is 19.6 Å². The molecule has 0 saturated heterocycles. The lowest BCUT2D eigenvalue weighted by Gasteiger charge is -2.21. The van der Waals surface area contributed by atoms with E-state index in [0.29, 0.717) is 0 Å². The fourth-order valence-corrected chi connectivity index (χ4v) is 1.91. The summed E-state index contributed by atoms with van der Waals surface area (Å²) >= 11 is 0. The van der Waals surface area contributed by atoms with Crippen LogP contribution < -0.4 is 10.2 Å². The number of para-hydroxylation sites is 1. The van der Waals surface area contributed by atoms with Gasteiger partial charge in [0.15, 0.2) is 0 Å². The van der Waals surface area contributed by atoms with E-state index >= 15 is 0 Å². The van der Waals surface area contributed by atoms with E-state index in [1.54, 1.807) is 4.68 Å². The van der Waals surface area contributed by atoms with Gasteiger partial charge in [-0.25, -0.2) is 0 Å². The molecule has 0 saturated carbocycles. The van der Waals surface area contributed by atoms with Crippen LogP contribution in [0.5, 0.6) is 0 Å². The van der Waals surface area contributed by atoms with Gasteiger partial charge in [0.25, 0.3) is 0 Å². The van der Waals surface area contributed by atoms with Crippen molar-refractivity contribution in [2.24, 2.45) is 0 Å². The third-order valence-electron chi connectivity index (χ3n) is 2.93. The van der Waals surface area contributed by atoms with Crippen LogP contribution in [-0.4, -0.2) is 46.4 Å². The lowest BCUT2D eigenvalue weighted by atomic mass is 10.3. The molecule has 0 aliphatic carbocycles. The van der Waals surface area contributed by atoms with Crippen molar-refractivity contribution in [2.45, 2.75) is 13.8 Å². The van der Waals surface area contributed by atoms with Gasteiger partial charge in [0.05, 0.1) is 5.69 Å². The lowest BCUT2D eigenvalue weighted by Crippen LogP contribution is -2.33. The molecule has 19 heavy (non-hydrogen) atoms. The summed E-state index contributed by atoms with van der Waals surface area (Å²) in [5, 5.41) is 15.3. The number of hydrogen-bond donors (Lipinski definition) is 1. The predicted octanol–water partition coefficient (Wildman–Crippen LogP) is 1.10. The van der Waals surface area contributed by atoms with Gasteiger partial charge in [0.1, 0.15) is 0 Å². The molecule has 0 spiro atoms. The second-order valence-corrected chi connectivity index (χ2v) is 4.16. The molecule has 6 heteroatoms. The molecule has 0 atom stereocenters. The number of aromatic nitrogens is 4. The van der Waals surface area contributed by atoms with E-state index in [0.717, 1.165) is 37.8 Å². The SMILES string of the molecule is CCNCCN(CC)c1nnnn1-c1ccccc1. The molecule has 1 aromatic heterocycles. The monoisotopic (exact) mass is 260 g/mol. The van der Waals surface area contributed by atoms with Gasteiger partial charge < -0.3 is 10.2 Å². The van der Waals surface area contributed by atoms with E-state index in [1.807, 2.05) is 30.3 Å². The Morgan fingerprint density at radius 1 is 1.21 bits per heavy atom. The molecule has 0 radical (unpaired) electrons. The summed E-state index contributed by atoms with van der Waals surface area (Å²) in [7, 11) is 0. The Kier molecular flexibility index (Phi) is 4.85. The molecule has 0 unspecified atom stereocenters. The zero-order chi connectivity index (χ0) is 13.5. The summed E-state index contributed by atoms with van der Waals surface area (Å²) < 4.78 is 1.77. The van der Waals surface area contributed by atoms with Crippen molar-refractivity contribution in [3.8, 4) is 5.69 Å². The molecule has 1 aromatic carbocycles. The van der Waals surface area contributed by atoms with E-state index in [1.165, 1.54) is 0 Å². The maximum absolute atomic E-state index is 4.14. The largest absolute Gasteiger partial charge is 0.338 e. The number of anilines is 1. The summed E-state index contributed by atoms with van der Waals surface area (Å²) in [6, 6.07) is 9.94. The predicted molar refractivity (Wildman–Crippen MR) is 75.6 cm³/mol. The van der Waals surface area contributed by atoms with Crippen molar-refractivity contribution < 1.29 is 0 Å². The first-order valence-electron chi connectivity index (χ1n) is 6.66. The third-order valence-corrected chi connectivity index (χ3v) is 2.93. The summed E-state index contributed by atoms with van der Waals surface area (Å²) in [6.07, 6.45) is 0. The van der Waals surface area contributed by atoms with Crippen LogP contribution in [0.4, 0.5) is 5.95 Å². The number of hydrogen-bond acceptors (Lipinski definition) is 5. The minimum atomic E-state index is 0.784. The van der Waals surface area contributed by atoms with Crippen molar-refractivity contribution >= 4 is 5.95 Å². The van der Waals surface area contributed by atoms with E-state index in [-0.39, 0.29) is 0 Å². The zero-order valence-electron chi connectivity index (χ0n) is 11.5. The molecule has 1 heterocycles. The van der Waals surface area contributed by atoms with Crippen LogP contribution in [0.3, 0.4) is 0 Å². The van der Waals surface area contributed by atoms with Crippen molar-refractivity contribution in [1.29, 1.82) is 0 Å². The van der Waals surface area contributed by atoms with Gasteiger partial charge >= 0.3 is 0 Å². The number of benzene rings is 1. The molecule has 1 N–H and O–H groups in total. The molecular weight excluding hydrogens is 240 g/mol. The van der Waals surface area contributed by atoms with Crippen LogP contribution in [-0.2, 0) is 0 Å². The summed E-state index contributed by atoms with van der Waals surface area (Å²) in [4.78, 5) is 2.16. The highest BCUT2D eigenvalue weighted by Crippen LogP contribution is 2.14. The highest BCUT2D eigenvalue weighted by Gasteiger charge is 2.14. The highest BCUT2D eigenvalue weighted by atomic mass is 15.6. The van der Waals surface area contributed by atoms with Gasteiger partial charge in [-0.3, -0.25) is 0 Å². The Balaban J connectivity index is 2.18. The first-order chi connectivity index (χ1) is 9.36. The van der Waals surface area contributed by atoms with Crippen LogP contribution in [0.1, 0.15) is 13.8 Å². The Bertz CT molecular complexity index is 481. The molecule has 2 rings (SSSR count). The smallest absolute Gasteiger partial charge is 0.250 e. The minimum Gasteiger partial charge on any atom is -0.338 e. The Labute approximate surface area is 113 Å². The number of likely N-dealkylation sites (N-methyl/N-ethyl adjacent to an activating group) is 2. The Morgan fingerprint density at radius 2 is 2.00 bits per heavy atom. The van der Waals surface area contributed by atoms with Gasteiger partial charge in [0.2, 0.25) is 5.95 Å². The average Bonchev–Trinajstić information content (AvgIpc) is 2.94. The van der Waals surface area contributed by atoms with E-state index in [2.05, 4.69) is 39.6 Å². The van der Waals surface area contributed by atoms with E-state index in [4.69, 9.17) is 0 Å². The maximum Gasteiger partial charge on any atom is 0.250 e. The molecular formula is C13H20N6.